The Morgan fingerprint density at radius 2 is 2.11 bits per heavy atom. The van der Waals surface area contributed by atoms with Gasteiger partial charge in [0.1, 0.15) is 23.9 Å². The van der Waals surface area contributed by atoms with E-state index in [-0.39, 0.29) is 29.6 Å². The Balaban J connectivity index is 1.65. The topological polar surface area (TPSA) is 60.4 Å². The first kappa shape index (κ1) is 18.3. The van der Waals surface area contributed by atoms with E-state index in [9.17, 15) is 8.78 Å². The first-order chi connectivity index (χ1) is 12.8. The lowest BCUT2D eigenvalue weighted by atomic mass is 9.95. The highest BCUT2D eigenvalue weighted by Crippen LogP contribution is 2.40. The van der Waals surface area contributed by atoms with E-state index in [4.69, 9.17) is 9.47 Å². The maximum Gasteiger partial charge on any atom is 0.320 e. The number of fused-ring (bicyclic) bond motifs is 2. The molecule has 0 amide bonds. The van der Waals surface area contributed by atoms with Crippen LogP contribution >= 0.6 is 0 Å². The Labute approximate surface area is 156 Å². The number of halogens is 2. The van der Waals surface area contributed by atoms with Crippen molar-refractivity contribution in [1.29, 1.82) is 0 Å². The van der Waals surface area contributed by atoms with Crippen LogP contribution in [0.5, 0.6) is 11.9 Å². The van der Waals surface area contributed by atoms with Crippen LogP contribution in [0.4, 0.5) is 8.78 Å². The van der Waals surface area contributed by atoms with Gasteiger partial charge in [-0.25, -0.2) is 8.78 Å². The first-order valence-electron chi connectivity index (χ1n) is 9.28. The molecule has 2 aliphatic rings. The number of ether oxygens (including phenoxy) is 2. The Morgan fingerprint density at radius 3 is 2.89 bits per heavy atom. The number of alkyl halides is 1. The highest BCUT2D eigenvalue weighted by molar-refractivity contribution is 5.83. The molecule has 0 aromatic carbocycles. The molecule has 0 aliphatic carbocycles. The van der Waals surface area contributed by atoms with Crippen LogP contribution in [0.2, 0.25) is 0 Å². The molecule has 6 nitrogen and oxygen atoms in total. The summed E-state index contributed by atoms with van der Waals surface area (Å²) >= 11 is 0. The lowest BCUT2D eigenvalue weighted by molar-refractivity contribution is 0.102. The van der Waals surface area contributed by atoms with Gasteiger partial charge in [0.15, 0.2) is 5.82 Å². The Morgan fingerprint density at radius 1 is 1.30 bits per heavy atom. The van der Waals surface area contributed by atoms with Crippen molar-refractivity contribution in [3.8, 4) is 11.9 Å². The molecule has 2 aromatic rings. The molecule has 0 radical (unpaired) electrons. The van der Waals surface area contributed by atoms with Gasteiger partial charge >= 0.3 is 6.01 Å². The van der Waals surface area contributed by atoms with Gasteiger partial charge in [-0.3, -0.25) is 9.88 Å². The molecular formula is C19H24F2N4O2. The van der Waals surface area contributed by atoms with Gasteiger partial charge in [-0.05, 0) is 40.2 Å². The maximum atomic E-state index is 14.3. The predicted molar refractivity (Wildman–Crippen MR) is 96.2 cm³/mol. The van der Waals surface area contributed by atoms with E-state index in [1.807, 2.05) is 20.8 Å². The molecule has 8 heteroatoms. The van der Waals surface area contributed by atoms with Gasteiger partial charge in [-0.1, -0.05) is 0 Å². The van der Waals surface area contributed by atoms with Gasteiger partial charge in [0.2, 0.25) is 5.88 Å². The number of aromatic nitrogens is 3. The van der Waals surface area contributed by atoms with Crippen molar-refractivity contribution in [2.24, 2.45) is 0 Å². The third-order valence-corrected chi connectivity index (χ3v) is 5.14. The van der Waals surface area contributed by atoms with Gasteiger partial charge in [-0.2, -0.15) is 9.97 Å². The minimum absolute atomic E-state index is 0.0374. The van der Waals surface area contributed by atoms with Gasteiger partial charge < -0.3 is 9.47 Å². The van der Waals surface area contributed by atoms with Gasteiger partial charge in [-0.15, -0.1) is 0 Å². The molecule has 0 bridgehead atoms. The fourth-order valence-corrected chi connectivity index (χ4v) is 4.05. The minimum Gasteiger partial charge on any atom is -0.471 e. The highest BCUT2D eigenvalue weighted by atomic mass is 19.1. The number of hydrogen-bond acceptors (Lipinski definition) is 6. The molecule has 0 unspecified atom stereocenters. The largest absolute Gasteiger partial charge is 0.471 e. The minimum atomic E-state index is -0.838. The van der Waals surface area contributed by atoms with E-state index in [0.717, 1.165) is 25.6 Å². The molecule has 2 saturated heterocycles. The van der Waals surface area contributed by atoms with Crippen molar-refractivity contribution in [3.05, 3.63) is 18.2 Å². The average Bonchev–Trinajstić information content (AvgIpc) is 3.08. The van der Waals surface area contributed by atoms with E-state index in [2.05, 4.69) is 19.9 Å². The summed E-state index contributed by atoms with van der Waals surface area (Å²) in [7, 11) is 0. The summed E-state index contributed by atoms with van der Waals surface area (Å²) in [5, 5.41) is 0.391. The fraction of sp³-hybridized carbons (Fsp3) is 0.632. The smallest absolute Gasteiger partial charge is 0.320 e. The van der Waals surface area contributed by atoms with Crippen LogP contribution < -0.4 is 9.47 Å². The number of nitrogens with zero attached hydrogens (tertiary/aromatic N) is 4. The lowest BCUT2D eigenvalue weighted by Gasteiger charge is -2.30. The molecule has 2 fully saturated rings. The zero-order valence-electron chi connectivity index (χ0n) is 15.8. The zero-order chi connectivity index (χ0) is 19.2. The molecule has 0 saturated carbocycles. The predicted octanol–water partition coefficient (Wildman–Crippen LogP) is 3.30. The van der Waals surface area contributed by atoms with Crippen LogP contribution in [0.3, 0.4) is 0 Å². The third-order valence-electron chi connectivity index (χ3n) is 5.14. The molecule has 0 N–H and O–H groups in total. The van der Waals surface area contributed by atoms with Gasteiger partial charge in [0.05, 0.1) is 17.1 Å². The summed E-state index contributed by atoms with van der Waals surface area (Å²) in [5.41, 5.74) is -0.747. The van der Waals surface area contributed by atoms with Crippen molar-refractivity contribution in [3.63, 3.8) is 0 Å². The lowest BCUT2D eigenvalue weighted by Crippen LogP contribution is -2.43. The Bertz CT molecular complexity index is 857. The molecule has 2 aromatic heterocycles. The second-order valence-electron chi connectivity index (χ2n) is 8.41. The van der Waals surface area contributed by atoms with Gasteiger partial charge in [0, 0.05) is 19.2 Å². The van der Waals surface area contributed by atoms with Crippen molar-refractivity contribution in [2.75, 3.05) is 19.7 Å². The molecule has 27 heavy (non-hydrogen) atoms. The number of rotatable bonds is 4. The van der Waals surface area contributed by atoms with Gasteiger partial charge in [0.25, 0.3) is 0 Å². The van der Waals surface area contributed by atoms with Crippen molar-refractivity contribution >= 4 is 10.9 Å². The Kier molecular flexibility index (Phi) is 4.41. The molecule has 4 heterocycles. The van der Waals surface area contributed by atoms with E-state index in [1.165, 1.54) is 6.20 Å². The second-order valence-corrected chi connectivity index (χ2v) is 8.41. The van der Waals surface area contributed by atoms with E-state index < -0.39 is 17.6 Å². The van der Waals surface area contributed by atoms with Crippen molar-refractivity contribution in [1.82, 2.24) is 19.9 Å². The quantitative estimate of drug-likeness (QED) is 0.814. The standard InChI is InChI=1S/C19H24F2N4O2/c1-18(2,3)27-16-13-8-22-9-14(21)15(13)23-17(24-16)26-11-19-5-4-6-25(19)10-12(20)7-19/h8-9,12H,4-7,10-11H2,1-3H3/t12-,19+/m1/s1. The van der Waals surface area contributed by atoms with Crippen LogP contribution in [-0.4, -0.2) is 56.9 Å². The molecule has 0 spiro atoms. The third kappa shape index (κ3) is 3.54. The van der Waals surface area contributed by atoms with E-state index in [0.29, 0.717) is 18.4 Å². The van der Waals surface area contributed by atoms with E-state index in [1.54, 1.807) is 0 Å². The summed E-state index contributed by atoms with van der Waals surface area (Å²) in [5.74, 6) is -0.339. The summed E-state index contributed by atoms with van der Waals surface area (Å²) < 4.78 is 39.9. The SMILES string of the molecule is CC(C)(C)Oc1nc(OC[C@@]23CCCN2C[C@H](F)C3)nc2c(F)cncc12. The van der Waals surface area contributed by atoms with E-state index >= 15 is 0 Å². The summed E-state index contributed by atoms with van der Waals surface area (Å²) in [4.78, 5) is 14.6. The van der Waals surface area contributed by atoms with Crippen molar-refractivity contribution < 1.29 is 18.3 Å². The Hall–Kier alpha value is -2.09. The van der Waals surface area contributed by atoms with Crippen LogP contribution in [0.1, 0.15) is 40.0 Å². The zero-order valence-corrected chi connectivity index (χ0v) is 15.8. The van der Waals surface area contributed by atoms with Crippen LogP contribution in [0.15, 0.2) is 12.4 Å². The normalized spacial score (nSPS) is 25.7. The molecular weight excluding hydrogens is 354 g/mol. The van der Waals surface area contributed by atoms with Crippen LogP contribution in [0, 0.1) is 5.82 Å². The van der Waals surface area contributed by atoms with Crippen LogP contribution in [0.25, 0.3) is 10.9 Å². The fourth-order valence-electron chi connectivity index (χ4n) is 4.05. The molecule has 2 atom stereocenters. The van der Waals surface area contributed by atoms with Crippen LogP contribution in [-0.2, 0) is 0 Å². The second kappa shape index (κ2) is 6.51. The molecule has 146 valence electrons. The number of hydrogen-bond donors (Lipinski definition) is 0. The highest BCUT2D eigenvalue weighted by Gasteiger charge is 2.49. The maximum absolute atomic E-state index is 14.3. The summed E-state index contributed by atoms with van der Waals surface area (Å²) in [6.45, 7) is 7.23. The average molecular weight is 378 g/mol. The first-order valence-corrected chi connectivity index (χ1v) is 9.28. The monoisotopic (exact) mass is 378 g/mol. The summed E-state index contributed by atoms with van der Waals surface area (Å²) in [6.07, 6.45) is 4.09. The molecule has 4 rings (SSSR count). The molecule has 2 aliphatic heterocycles. The summed E-state index contributed by atoms with van der Waals surface area (Å²) in [6, 6.07) is 0.0374. The number of pyridine rings is 1. The van der Waals surface area contributed by atoms with Crippen molar-refractivity contribution in [2.45, 2.75) is 57.3 Å².